The maximum atomic E-state index is 12.1. The largest absolute Gasteiger partial charge is 0.377 e. The molecule has 1 aromatic heterocycles. The van der Waals surface area contributed by atoms with Gasteiger partial charge in [-0.25, -0.2) is 4.68 Å². The summed E-state index contributed by atoms with van der Waals surface area (Å²) in [5.74, 6) is 0. The molecule has 0 aliphatic heterocycles. The summed E-state index contributed by atoms with van der Waals surface area (Å²) >= 11 is 6.18. The monoisotopic (exact) mass is 283 g/mol. The van der Waals surface area contributed by atoms with Gasteiger partial charge in [-0.15, -0.1) is 0 Å². The third-order valence-electron chi connectivity index (χ3n) is 3.85. The molecule has 1 saturated carbocycles. The van der Waals surface area contributed by atoms with E-state index in [1.54, 1.807) is 6.20 Å². The highest BCUT2D eigenvalue weighted by Crippen LogP contribution is 2.33. The molecule has 1 heterocycles. The van der Waals surface area contributed by atoms with Crippen molar-refractivity contribution < 1.29 is 0 Å². The summed E-state index contributed by atoms with van der Waals surface area (Å²) in [5.41, 5.74) is 0.526. The summed E-state index contributed by atoms with van der Waals surface area (Å²) in [6.45, 7) is 4.90. The molecule has 0 bridgehead atoms. The van der Waals surface area contributed by atoms with Gasteiger partial charge in [0.2, 0.25) is 0 Å². The van der Waals surface area contributed by atoms with Crippen LogP contribution < -0.4 is 10.9 Å². The van der Waals surface area contributed by atoms with E-state index in [2.05, 4.69) is 24.3 Å². The highest BCUT2D eigenvalue weighted by atomic mass is 35.5. The van der Waals surface area contributed by atoms with E-state index in [0.29, 0.717) is 12.2 Å². The van der Waals surface area contributed by atoms with Crippen LogP contribution in [0.4, 0.5) is 5.69 Å². The molecule has 0 saturated heterocycles. The molecule has 5 heteroatoms. The molecule has 0 aromatic carbocycles. The van der Waals surface area contributed by atoms with Crippen LogP contribution in [0.2, 0.25) is 5.02 Å². The highest BCUT2D eigenvalue weighted by molar-refractivity contribution is 6.32. The maximum absolute atomic E-state index is 12.1. The van der Waals surface area contributed by atoms with Crippen LogP contribution in [0.15, 0.2) is 11.0 Å². The lowest BCUT2D eigenvalue weighted by molar-refractivity contribution is 0.524. The predicted octanol–water partition coefficient (Wildman–Crippen LogP) is 3.44. The molecule has 1 aliphatic carbocycles. The van der Waals surface area contributed by atoms with Crippen LogP contribution in [0.25, 0.3) is 0 Å². The lowest BCUT2D eigenvalue weighted by Crippen LogP contribution is -2.33. The lowest BCUT2D eigenvalue weighted by atomic mass is 10.0. The van der Waals surface area contributed by atoms with E-state index in [-0.39, 0.29) is 16.1 Å². The van der Waals surface area contributed by atoms with Gasteiger partial charge in [0.15, 0.2) is 0 Å². The van der Waals surface area contributed by atoms with Gasteiger partial charge in [0.25, 0.3) is 5.56 Å². The fourth-order valence-corrected chi connectivity index (χ4v) is 2.82. The van der Waals surface area contributed by atoms with Crippen molar-refractivity contribution in [3.05, 3.63) is 21.6 Å². The van der Waals surface area contributed by atoms with E-state index in [1.165, 1.54) is 17.5 Å². The second kappa shape index (κ2) is 5.95. The summed E-state index contributed by atoms with van der Waals surface area (Å²) in [4.78, 5) is 12.1. The smallest absolute Gasteiger partial charge is 0.287 e. The van der Waals surface area contributed by atoms with Crippen molar-refractivity contribution in [2.45, 2.75) is 64.5 Å². The molecule has 2 rings (SSSR count). The Morgan fingerprint density at radius 3 is 2.79 bits per heavy atom. The molecule has 0 atom stereocenters. The SMILES string of the molecule is CCCCn1ncc(NC2(C)CCCC2)c(Cl)c1=O. The van der Waals surface area contributed by atoms with Gasteiger partial charge in [-0.3, -0.25) is 4.79 Å². The average Bonchev–Trinajstić information content (AvgIpc) is 2.81. The minimum Gasteiger partial charge on any atom is -0.377 e. The number of aryl methyl sites for hydroxylation is 1. The first-order valence-corrected chi connectivity index (χ1v) is 7.47. The molecule has 19 heavy (non-hydrogen) atoms. The fourth-order valence-electron chi connectivity index (χ4n) is 2.62. The predicted molar refractivity (Wildman–Crippen MR) is 78.9 cm³/mol. The first kappa shape index (κ1) is 14.4. The van der Waals surface area contributed by atoms with Gasteiger partial charge in [0, 0.05) is 12.1 Å². The summed E-state index contributed by atoms with van der Waals surface area (Å²) in [6, 6.07) is 0. The molecule has 106 valence electrons. The maximum Gasteiger partial charge on any atom is 0.287 e. The fraction of sp³-hybridized carbons (Fsp3) is 0.714. The van der Waals surface area contributed by atoms with E-state index < -0.39 is 0 Å². The lowest BCUT2D eigenvalue weighted by Gasteiger charge is -2.27. The molecule has 1 fully saturated rings. The number of hydrogen-bond acceptors (Lipinski definition) is 3. The van der Waals surface area contributed by atoms with Crippen molar-refractivity contribution in [2.24, 2.45) is 0 Å². The zero-order valence-corrected chi connectivity index (χ0v) is 12.5. The van der Waals surface area contributed by atoms with Gasteiger partial charge in [0.05, 0.1) is 11.9 Å². The number of rotatable bonds is 5. The highest BCUT2D eigenvalue weighted by Gasteiger charge is 2.29. The van der Waals surface area contributed by atoms with Gasteiger partial charge < -0.3 is 5.32 Å². The molecule has 0 unspecified atom stereocenters. The first-order valence-electron chi connectivity index (χ1n) is 7.09. The number of unbranched alkanes of at least 4 members (excludes halogenated alkanes) is 1. The molecule has 1 N–H and O–H groups in total. The third kappa shape index (κ3) is 3.30. The Morgan fingerprint density at radius 1 is 1.47 bits per heavy atom. The van der Waals surface area contributed by atoms with Crippen molar-refractivity contribution in [2.75, 3.05) is 5.32 Å². The van der Waals surface area contributed by atoms with Crippen LogP contribution in [-0.4, -0.2) is 15.3 Å². The minimum atomic E-state index is -0.193. The van der Waals surface area contributed by atoms with Crippen LogP contribution in [0, 0.1) is 0 Å². The molecule has 1 aromatic rings. The van der Waals surface area contributed by atoms with Crippen molar-refractivity contribution >= 4 is 17.3 Å². The van der Waals surface area contributed by atoms with Crippen LogP contribution in [0.3, 0.4) is 0 Å². The van der Waals surface area contributed by atoms with Gasteiger partial charge in [-0.2, -0.15) is 5.10 Å². The van der Waals surface area contributed by atoms with Crippen molar-refractivity contribution in [1.82, 2.24) is 9.78 Å². The Morgan fingerprint density at radius 2 is 2.16 bits per heavy atom. The Kier molecular flexibility index (Phi) is 4.50. The molecular weight excluding hydrogens is 262 g/mol. The van der Waals surface area contributed by atoms with Gasteiger partial charge >= 0.3 is 0 Å². The molecular formula is C14H22ClN3O. The van der Waals surface area contributed by atoms with Crippen molar-refractivity contribution in [3.8, 4) is 0 Å². The summed E-state index contributed by atoms with van der Waals surface area (Å²) in [7, 11) is 0. The number of halogens is 1. The summed E-state index contributed by atoms with van der Waals surface area (Å²) < 4.78 is 1.45. The molecule has 4 nitrogen and oxygen atoms in total. The third-order valence-corrected chi connectivity index (χ3v) is 4.22. The summed E-state index contributed by atoms with van der Waals surface area (Å²) in [6.07, 6.45) is 8.33. The first-order chi connectivity index (χ1) is 9.06. The normalized spacial score (nSPS) is 17.6. The van der Waals surface area contributed by atoms with Crippen LogP contribution in [0.1, 0.15) is 52.4 Å². The number of anilines is 1. The summed E-state index contributed by atoms with van der Waals surface area (Å²) in [5, 5.41) is 7.87. The molecule has 0 radical (unpaired) electrons. The second-order valence-electron chi connectivity index (χ2n) is 5.65. The van der Waals surface area contributed by atoms with E-state index in [0.717, 1.165) is 25.7 Å². The minimum absolute atomic E-state index is 0.0490. The zero-order valence-electron chi connectivity index (χ0n) is 11.7. The Bertz CT molecular complexity index is 492. The quantitative estimate of drug-likeness (QED) is 0.900. The molecule has 1 aliphatic rings. The Hall–Kier alpha value is -1.03. The van der Waals surface area contributed by atoms with Gasteiger partial charge in [0.1, 0.15) is 5.02 Å². The van der Waals surface area contributed by atoms with Crippen LogP contribution in [-0.2, 0) is 6.54 Å². The number of nitrogens with one attached hydrogen (secondary N) is 1. The average molecular weight is 284 g/mol. The number of hydrogen-bond donors (Lipinski definition) is 1. The van der Waals surface area contributed by atoms with Gasteiger partial charge in [-0.05, 0) is 26.2 Å². The Labute approximate surface area is 119 Å². The zero-order chi connectivity index (χ0) is 13.9. The van der Waals surface area contributed by atoms with Gasteiger partial charge in [-0.1, -0.05) is 37.8 Å². The van der Waals surface area contributed by atoms with E-state index in [1.807, 2.05) is 0 Å². The Balaban J connectivity index is 2.18. The van der Waals surface area contributed by atoms with Crippen molar-refractivity contribution in [1.29, 1.82) is 0 Å². The second-order valence-corrected chi connectivity index (χ2v) is 6.02. The van der Waals surface area contributed by atoms with Crippen LogP contribution >= 0.6 is 11.6 Å². The van der Waals surface area contributed by atoms with E-state index in [9.17, 15) is 4.79 Å². The van der Waals surface area contributed by atoms with Crippen molar-refractivity contribution in [3.63, 3.8) is 0 Å². The molecule has 0 spiro atoms. The van der Waals surface area contributed by atoms with E-state index in [4.69, 9.17) is 11.6 Å². The standard InChI is InChI=1S/C14H22ClN3O/c1-3-4-9-18-13(19)12(15)11(10-16-18)17-14(2)7-5-6-8-14/h10,17H,3-9H2,1-2H3. The number of nitrogens with zero attached hydrogens (tertiary/aromatic N) is 2. The van der Waals surface area contributed by atoms with Crippen LogP contribution in [0.5, 0.6) is 0 Å². The number of aromatic nitrogens is 2. The topological polar surface area (TPSA) is 46.9 Å². The molecule has 0 amide bonds. The van der Waals surface area contributed by atoms with E-state index >= 15 is 0 Å².